The van der Waals surface area contributed by atoms with E-state index in [9.17, 15) is 15.0 Å². The molecule has 0 saturated heterocycles. The Balaban J connectivity index is 1.90. The largest absolute Gasteiger partial charge is 0.507 e. The molecule has 0 fully saturated rings. The number of phenolic OH excluding ortho intramolecular Hbond substituents is 2. The number of rotatable bonds is 9. The summed E-state index contributed by atoms with van der Waals surface area (Å²) in [7, 11) is 4.25. The van der Waals surface area contributed by atoms with E-state index in [1.54, 1.807) is 12.1 Å². The fourth-order valence-corrected chi connectivity index (χ4v) is 3.14. The van der Waals surface area contributed by atoms with E-state index in [4.69, 9.17) is 18.9 Å². The van der Waals surface area contributed by atoms with E-state index in [-0.39, 0.29) is 40.9 Å². The Morgan fingerprint density at radius 2 is 1.56 bits per heavy atom. The highest BCUT2D eigenvalue weighted by Gasteiger charge is 2.24. The first-order chi connectivity index (χ1) is 15.5. The van der Waals surface area contributed by atoms with Gasteiger partial charge in [-0.25, -0.2) is 0 Å². The average molecular weight is 436 g/mol. The molecule has 0 spiro atoms. The average Bonchev–Trinajstić information content (AvgIpc) is 2.81. The van der Waals surface area contributed by atoms with Crippen LogP contribution >= 0.6 is 0 Å². The molecule has 0 aromatic heterocycles. The number of hydrogen-bond acceptors (Lipinski definition) is 7. The van der Waals surface area contributed by atoms with Crippen LogP contribution in [0.3, 0.4) is 0 Å². The summed E-state index contributed by atoms with van der Waals surface area (Å²) in [6.45, 7) is 0.244. The number of hydrogen-bond donors (Lipinski definition) is 2. The summed E-state index contributed by atoms with van der Waals surface area (Å²) in [6.07, 6.45) is 2.77. The first-order valence-corrected chi connectivity index (χ1v) is 9.72. The molecule has 3 aromatic rings. The minimum absolute atomic E-state index is 0.0517. The van der Waals surface area contributed by atoms with E-state index in [1.807, 2.05) is 30.3 Å². The molecule has 0 aliphatic heterocycles. The molecule has 0 atom stereocenters. The van der Waals surface area contributed by atoms with Gasteiger partial charge in [0.05, 0.1) is 21.3 Å². The van der Waals surface area contributed by atoms with Crippen LogP contribution in [0.15, 0.2) is 60.7 Å². The summed E-state index contributed by atoms with van der Waals surface area (Å²) in [5.74, 6) is -0.0533. The Hall–Kier alpha value is -4.13. The van der Waals surface area contributed by atoms with Crippen molar-refractivity contribution in [1.29, 1.82) is 0 Å². The number of methoxy groups -OCH3 is 3. The minimum Gasteiger partial charge on any atom is -0.507 e. The van der Waals surface area contributed by atoms with Crippen LogP contribution < -0.4 is 18.9 Å². The lowest BCUT2D eigenvalue weighted by molar-refractivity contribution is 0.104. The highest BCUT2D eigenvalue weighted by Crippen LogP contribution is 2.45. The smallest absolute Gasteiger partial charge is 0.204 e. The number of carbonyl (C=O) groups excluding carboxylic acids is 1. The maximum absolute atomic E-state index is 12.9. The summed E-state index contributed by atoms with van der Waals surface area (Å²) < 4.78 is 21.6. The van der Waals surface area contributed by atoms with Gasteiger partial charge in [-0.3, -0.25) is 4.79 Å². The van der Waals surface area contributed by atoms with E-state index >= 15 is 0 Å². The summed E-state index contributed by atoms with van der Waals surface area (Å²) in [6, 6.07) is 15.5. The van der Waals surface area contributed by atoms with Crippen LogP contribution in [0.1, 0.15) is 21.5 Å². The van der Waals surface area contributed by atoms with Crippen molar-refractivity contribution in [2.24, 2.45) is 0 Å². The second-order valence-corrected chi connectivity index (χ2v) is 6.74. The molecule has 7 heteroatoms. The van der Waals surface area contributed by atoms with Crippen molar-refractivity contribution in [2.75, 3.05) is 21.3 Å². The van der Waals surface area contributed by atoms with Gasteiger partial charge < -0.3 is 29.2 Å². The van der Waals surface area contributed by atoms with E-state index in [0.29, 0.717) is 11.3 Å². The van der Waals surface area contributed by atoms with Crippen molar-refractivity contribution < 1.29 is 34.0 Å². The van der Waals surface area contributed by atoms with Gasteiger partial charge >= 0.3 is 0 Å². The number of allylic oxidation sites excluding steroid dienone is 1. The summed E-state index contributed by atoms with van der Waals surface area (Å²) in [4.78, 5) is 12.9. The molecule has 32 heavy (non-hydrogen) atoms. The molecule has 0 radical (unpaired) electrons. The lowest BCUT2D eigenvalue weighted by Crippen LogP contribution is -2.05. The third-order valence-corrected chi connectivity index (χ3v) is 4.70. The van der Waals surface area contributed by atoms with E-state index in [1.165, 1.54) is 45.6 Å². The molecular formula is C25H24O7. The molecule has 0 saturated carbocycles. The predicted octanol–water partition coefficient (Wildman–Crippen LogP) is 4.60. The Kier molecular flexibility index (Phi) is 7.23. The molecule has 2 N–H and O–H groups in total. The number of ketones is 1. The molecule has 0 heterocycles. The topological polar surface area (TPSA) is 94.5 Å². The number of carbonyl (C=O) groups is 1. The summed E-state index contributed by atoms with van der Waals surface area (Å²) in [5.41, 5.74) is 1.44. The van der Waals surface area contributed by atoms with Crippen LogP contribution in [0.25, 0.3) is 6.08 Å². The van der Waals surface area contributed by atoms with Gasteiger partial charge in [-0.1, -0.05) is 42.5 Å². The van der Waals surface area contributed by atoms with Gasteiger partial charge in [0.2, 0.25) is 5.75 Å². The maximum atomic E-state index is 12.9. The van der Waals surface area contributed by atoms with Crippen molar-refractivity contribution in [1.82, 2.24) is 0 Å². The Bertz CT molecular complexity index is 1120. The van der Waals surface area contributed by atoms with Crippen molar-refractivity contribution in [3.63, 3.8) is 0 Å². The zero-order chi connectivity index (χ0) is 23.1. The fraction of sp³-hybridized carbons (Fsp3) is 0.160. The molecule has 3 rings (SSSR count). The fourth-order valence-electron chi connectivity index (χ4n) is 3.14. The lowest BCUT2D eigenvalue weighted by Gasteiger charge is -2.17. The molecule has 7 nitrogen and oxygen atoms in total. The second kappa shape index (κ2) is 10.3. The van der Waals surface area contributed by atoms with Crippen LogP contribution in [0.2, 0.25) is 0 Å². The van der Waals surface area contributed by atoms with E-state index in [2.05, 4.69) is 0 Å². The molecule has 0 amide bonds. The second-order valence-electron chi connectivity index (χ2n) is 6.74. The van der Waals surface area contributed by atoms with E-state index in [0.717, 1.165) is 5.56 Å². The Labute approximate surface area is 186 Å². The lowest BCUT2D eigenvalue weighted by atomic mass is 10.0. The number of benzene rings is 3. The molecule has 0 bridgehead atoms. The first-order valence-electron chi connectivity index (χ1n) is 9.72. The quantitative estimate of drug-likeness (QED) is 0.374. The molecular weight excluding hydrogens is 412 g/mol. The normalized spacial score (nSPS) is 10.7. The third kappa shape index (κ3) is 4.95. The van der Waals surface area contributed by atoms with Crippen LogP contribution in [0.4, 0.5) is 0 Å². The number of aromatic hydroxyl groups is 2. The highest BCUT2D eigenvalue weighted by atomic mass is 16.5. The first kappa shape index (κ1) is 22.6. The highest BCUT2D eigenvalue weighted by molar-refractivity contribution is 6.11. The summed E-state index contributed by atoms with van der Waals surface area (Å²) >= 11 is 0. The molecule has 0 aliphatic rings. The third-order valence-electron chi connectivity index (χ3n) is 4.70. The minimum atomic E-state index is -0.512. The van der Waals surface area contributed by atoms with Gasteiger partial charge in [-0.05, 0) is 29.3 Å². The van der Waals surface area contributed by atoms with Gasteiger partial charge in [0, 0.05) is 6.07 Å². The number of phenols is 2. The van der Waals surface area contributed by atoms with Crippen LogP contribution in [0, 0.1) is 0 Å². The zero-order valence-electron chi connectivity index (χ0n) is 18.0. The van der Waals surface area contributed by atoms with E-state index < -0.39 is 5.78 Å². The van der Waals surface area contributed by atoms with Crippen molar-refractivity contribution >= 4 is 11.9 Å². The molecule has 0 aliphatic carbocycles. The van der Waals surface area contributed by atoms with Crippen molar-refractivity contribution in [3.05, 3.63) is 77.4 Å². The van der Waals surface area contributed by atoms with Gasteiger partial charge in [-0.15, -0.1) is 0 Å². The monoisotopic (exact) mass is 436 g/mol. The predicted molar refractivity (Wildman–Crippen MR) is 120 cm³/mol. The molecule has 0 unspecified atom stereocenters. The number of ether oxygens (including phenoxy) is 4. The van der Waals surface area contributed by atoms with Gasteiger partial charge in [0.25, 0.3) is 0 Å². The van der Waals surface area contributed by atoms with Gasteiger partial charge in [-0.2, -0.15) is 0 Å². The van der Waals surface area contributed by atoms with Gasteiger partial charge in [0.1, 0.15) is 17.9 Å². The van der Waals surface area contributed by atoms with Crippen LogP contribution in [0.5, 0.6) is 34.5 Å². The molecule has 166 valence electrons. The SMILES string of the molecule is COc1ccc(/C=C/C(=O)c2c(O)cc(OCc3ccccc3)c(OC)c2OC)cc1O. The Morgan fingerprint density at radius 3 is 2.19 bits per heavy atom. The van der Waals surface area contributed by atoms with Crippen molar-refractivity contribution in [3.8, 4) is 34.5 Å². The van der Waals surface area contributed by atoms with Gasteiger partial charge in [0.15, 0.2) is 28.8 Å². The Morgan fingerprint density at radius 1 is 0.844 bits per heavy atom. The van der Waals surface area contributed by atoms with Crippen LogP contribution in [-0.2, 0) is 6.61 Å². The molecule has 3 aromatic carbocycles. The van der Waals surface area contributed by atoms with Crippen LogP contribution in [-0.4, -0.2) is 37.3 Å². The maximum Gasteiger partial charge on any atom is 0.204 e. The van der Waals surface area contributed by atoms with Crippen molar-refractivity contribution in [2.45, 2.75) is 6.61 Å². The standard InChI is InChI=1S/C25H24O7/c1-29-21-12-10-16(13-19(21)27)9-11-18(26)23-20(28)14-22(24(30-2)25(23)31-3)32-15-17-7-5-4-6-8-17/h4-14,27-28H,15H2,1-3H3/b11-9+. The summed E-state index contributed by atoms with van der Waals surface area (Å²) in [5, 5.41) is 20.5. The zero-order valence-corrected chi connectivity index (χ0v) is 18.0.